The van der Waals surface area contributed by atoms with Crippen molar-refractivity contribution in [2.75, 3.05) is 43.9 Å². The van der Waals surface area contributed by atoms with E-state index in [2.05, 4.69) is 23.8 Å². The Balaban J connectivity index is 2.35. The lowest BCUT2D eigenvalue weighted by Crippen LogP contribution is -2.40. The van der Waals surface area contributed by atoms with Gasteiger partial charge in [0.15, 0.2) is 11.6 Å². The van der Waals surface area contributed by atoms with Crippen LogP contribution >= 0.6 is 0 Å². The van der Waals surface area contributed by atoms with Crippen LogP contribution in [0.1, 0.15) is 26.7 Å². The second-order valence-corrected chi connectivity index (χ2v) is 5.65. The van der Waals surface area contributed by atoms with Crippen LogP contribution in [0.3, 0.4) is 0 Å². The largest absolute Gasteiger partial charge is 0.491 e. The van der Waals surface area contributed by atoms with E-state index in [0.29, 0.717) is 18.3 Å². The van der Waals surface area contributed by atoms with Crippen molar-refractivity contribution < 1.29 is 9.13 Å². The molecular weight excluding hydrogens is 269 g/mol. The molecule has 0 amide bonds. The van der Waals surface area contributed by atoms with Crippen molar-refractivity contribution in [1.29, 1.82) is 0 Å². The maximum Gasteiger partial charge on any atom is 0.167 e. The first-order valence-corrected chi connectivity index (χ1v) is 7.73. The standard InChI is InChI=1S/C16H26FN3O/c1-4-12-11-19(3)7-6-8-20(12)15-10-16(21-5-2)13(17)9-14(15)18/h9-10,12H,4-8,11,18H2,1-3H3. The van der Waals surface area contributed by atoms with E-state index in [1.165, 1.54) is 6.07 Å². The van der Waals surface area contributed by atoms with E-state index in [0.717, 1.165) is 38.2 Å². The third-order valence-corrected chi connectivity index (χ3v) is 4.06. The van der Waals surface area contributed by atoms with Gasteiger partial charge >= 0.3 is 0 Å². The van der Waals surface area contributed by atoms with E-state index in [4.69, 9.17) is 10.5 Å². The summed E-state index contributed by atoms with van der Waals surface area (Å²) in [5, 5.41) is 0. The van der Waals surface area contributed by atoms with Gasteiger partial charge in [0.1, 0.15) is 0 Å². The molecule has 5 heteroatoms. The number of likely N-dealkylation sites (N-methyl/N-ethyl adjacent to an activating group) is 1. The van der Waals surface area contributed by atoms with Crippen LogP contribution < -0.4 is 15.4 Å². The Hall–Kier alpha value is -1.49. The fourth-order valence-corrected chi connectivity index (χ4v) is 2.98. The number of anilines is 2. The van der Waals surface area contributed by atoms with Gasteiger partial charge in [0.05, 0.1) is 18.0 Å². The fourth-order valence-electron chi connectivity index (χ4n) is 2.98. The minimum atomic E-state index is -0.391. The molecule has 0 saturated carbocycles. The Bertz CT molecular complexity index is 481. The number of benzene rings is 1. The highest BCUT2D eigenvalue weighted by Gasteiger charge is 2.24. The number of halogens is 1. The molecule has 0 aromatic heterocycles. The van der Waals surface area contributed by atoms with E-state index in [1.807, 2.05) is 6.92 Å². The molecule has 0 aliphatic carbocycles. The number of nitrogens with two attached hydrogens (primary N) is 1. The van der Waals surface area contributed by atoms with Crippen molar-refractivity contribution in [2.24, 2.45) is 0 Å². The molecule has 1 aliphatic heterocycles. The minimum absolute atomic E-state index is 0.286. The molecule has 4 nitrogen and oxygen atoms in total. The summed E-state index contributed by atoms with van der Waals surface area (Å²) in [6, 6.07) is 3.52. The highest BCUT2D eigenvalue weighted by Crippen LogP contribution is 2.33. The first kappa shape index (κ1) is 15.9. The average molecular weight is 295 g/mol. The van der Waals surface area contributed by atoms with Gasteiger partial charge in [-0.25, -0.2) is 4.39 Å². The zero-order chi connectivity index (χ0) is 15.4. The zero-order valence-electron chi connectivity index (χ0n) is 13.2. The van der Waals surface area contributed by atoms with Crippen LogP contribution in [-0.2, 0) is 0 Å². The van der Waals surface area contributed by atoms with Gasteiger partial charge in [-0.15, -0.1) is 0 Å². The molecule has 1 atom stereocenters. The third-order valence-electron chi connectivity index (χ3n) is 4.06. The normalized spacial score (nSPS) is 20.4. The Morgan fingerprint density at radius 3 is 2.76 bits per heavy atom. The Labute approximate surface area is 126 Å². The summed E-state index contributed by atoms with van der Waals surface area (Å²) < 4.78 is 19.3. The molecule has 1 unspecified atom stereocenters. The predicted octanol–water partition coefficient (Wildman–Crippen LogP) is 2.73. The van der Waals surface area contributed by atoms with Crippen LogP contribution in [0.15, 0.2) is 12.1 Å². The molecule has 1 aromatic carbocycles. The van der Waals surface area contributed by atoms with Crippen molar-refractivity contribution in [3.63, 3.8) is 0 Å². The summed E-state index contributed by atoms with van der Waals surface area (Å²) >= 11 is 0. The summed E-state index contributed by atoms with van der Waals surface area (Å²) in [6.07, 6.45) is 2.11. The van der Waals surface area contributed by atoms with Crippen LogP contribution in [0.2, 0.25) is 0 Å². The number of hydrogen-bond acceptors (Lipinski definition) is 4. The summed E-state index contributed by atoms with van der Waals surface area (Å²) in [6.45, 7) is 7.49. The fraction of sp³-hybridized carbons (Fsp3) is 0.625. The molecule has 0 bridgehead atoms. The number of ether oxygens (including phenoxy) is 1. The number of hydrogen-bond donors (Lipinski definition) is 1. The molecule has 0 spiro atoms. The number of nitrogen functional groups attached to an aromatic ring is 1. The number of nitrogens with zero attached hydrogens (tertiary/aromatic N) is 2. The Kier molecular flexibility index (Phi) is 5.28. The topological polar surface area (TPSA) is 41.7 Å². The molecule has 21 heavy (non-hydrogen) atoms. The van der Waals surface area contributed by atoms with E-state index in [9.17, 15) is 4.39 Å². The number of rotatable bonds is 4. The minimum Gasteiger partial charge on any atom is -0.491 e. The summed E-state index contributed by atoms with van der Waals surface area (Å²) in [5.74, 6) is -0.104. The lowest BCUT2D eigenvalue weighted by atomic mass is 10.1. The molecule has 1 fully saturated rings. The van der Waals surface area contributed by atoms with Crippen molar-refractivity contribution >= 4 is 11.4 Å². The van der Waals surface area contributed by atoms with Crippen LogP contribution in [0.5, 0.6) is 5.75 Å². The molecule has 1 aliphatic rings. The van der Waals surface area contributed by atoms with Crippen molar-refractivity contribution in [1.82, 2.24) is 4.90 Å². The van der Waals surface area contributed by atoms with Crippen LogP contribution in [0.25, 0.3) is 0 Å². The van der Waals surface area contributed by atoms with Crippen molar-refractivity contribution in [2.45, 2.75) is 32.7 Å². The Morgan fingerprint density at radius 1 is 1.33 bits per heavy atom. The maximum atomic E-state index is 13.9. The average Bonchev–Trinajstić information content (AvgIpc) is 2.63. The van der Waals surface area contributed by atoms with Gasteiger partial charge in [0, 0.05) is 31.3 Å². The monoisotopic (exact) mass is 295 g/mol. The molecule has 2 N–H and O–H groups in total. The third kappa shape index (κ3) is 3.59. The molecule has 1 heterocycles. The van der Waals surface area contributed by atoms with E-state index >= 15 is 0 Å². The van der Waals surface area contributed by atoms with Gasteiger partial charge in [0.2, 0.25) is 0 Å². The molecule has 1 aromatic rings. The summed E-state index contributed by atoms with van der Waals surface area (Å²) in [5.41, 5.74) is 7.44. The van der Waals surface area contributed by atoms with E-state index in [1.54, 1.807) is 6.07 Å². The summed E-state index contributed by atoms with van der Waals surface area (Å²) in [7, 11) is 2.14. The molecule has 0 radical (unpaired) electrons. The predicted molar refractivity (Wildman–Crippen MR) is 85.5 cm³/mol. The van der Waals surface area contributed by atoms with E-state index < -0.39 is 5.82 Å². The lowest BCUT2D eigenvalue weighted by Gasteiger charge is -2.33. The van der Waals surface area contributed by atoms with Gasteiger partial charge in [0.25, 0.3) is 0 Å². The zero-order valence-corrected chi connectivity index (χ0v) is 13.2. The van der Waals surface area contributed by atoms with Crippen molar-refractivity contribution in [3.8, 4) is 5.75 Å². The van der Waals surface area contributed by atoms with Crippen LogP contribution in [0.4, 0.5) is 15.8 Å². The first-order chi connectivity index (χ1) is 10.1. The second kappa shape index (κ2) is 6.98. The van der Waals surface area contributed by atoms with Crippen molar-refractivity contribution in [3.05, 3.63) is 17.9 Å². The highest BCUT2D eigenvalue weighted by atomic mass is 19.1. The van der Waals surface area contributed by atoms with Crippen LogP contribution in [0, 0.1) is 5.82 Å². The van der Waals surface area contributed by atoms with Gasteiger partial charge in [-0.1, -0.05) is 6.92 Å². The first-order valence-electron chi connectivity index (χ1n) is 7.73. The summed E-state index contributed by atoms with van der Waals surface area (Å²) in [4.78, 5) is 4.65. The van der Waals surface area contributed by atoms with Gasteiger partial charge < -0.3 is 20.3 Å². The second-order valence-electron chi connectivity index (χ2n) is 5.65. The molecule has 118 valence electrons. The van der Waals surface area contributed by atoms with Gasteiger partial charge in [-0.2, -0.15) is 0 Å². The smallest absolute Gasteiger partial charge is 0.167 e. The molecular formula is C16H26FN3O. The van der Waals surface area contributed by atoms with Gasteiger partial charge in [-0.05, 0) is 33.4 Å². The maximum absolute atomic E-state index is 13.9. The van der Waals surface area contributed by atoms with Crippen LogP contribution in [-0.4, -0.2) is 44.2 Å². The molecule has 1 saturated heterocycles. The quantitative estimate of drug-likeness (QED) is 0.867. The lowest BCUT2D eigenvalue weighted by molar-refractivity contribution is 0.321. The molecule has 2 rings (SSSR count). The Morgan fingerprint density at radius 2 is 2.10 bits per heavy atom. The highest BCUT2D eigenvalue weighted by molar-refractivity contribution is 5.70. The van der Waals surface area contributed by atoms with Gasteiger partial charge in [-0.3, -0.25) is 0 Å². The van der Waals surface area contributed by atoms with E-state index in [-0.39, 0.29) is 5.75 Å². The SMILES string of the molecule is CCOc1cc(N2CCCN(C)CC2CC)c(N)cc1F.